The molecule has 0 spiro atoms. The van der Waals surface area contributed by atoms with Crippen LogP contribution in [-0.4, -0.2) is 75.7 Å². The molecule has 2 rings (SSSR count). The summed E-state index contributed by atoms with van der Waals surface area (Å²) < 4.78 is 5.76. The third-order valence-corrected chi connectivity index (χ3v) is 4.33. The van der Waals surface area contributed by atoms with E-state index in [1.54, 1.807) is 19.0 Å². The zero-order valence-corrected chi connectivity index (χ0v) is 19.6. The minimum Gasteiger partial charge on any atom is -0.376 e. The predicted molar refractivity (Wildman–Crippen MR) is 123 cm³/mol. The lowest BCUT2D eigenvalue weighted by Crippen LogP contribution is -2.45. The lowest BCUT2D eigenvalue weighted by molar-refractivity contribution is -0.127. The second-order valence-corrected chi connectivity index (χ2v) is 7.06. The molecule has 1 amide bonds. The average molecular weight is 504 g/mol. The van der Waals surface area contributed by atoms with Gasteiger partial charge in [0.05, 0.1) is 24.9 Å². The maximum atomic E-state index is 11.9. The van der Waals surface area contributed by atoms with Crippen molar-refractivity contribution in [2.75, 3.05) is 52.8 Å². The molecule has 1 saturated heterocycles. The fourth-order valence-electron chi connectivity index (χ4n) is 2.63. The molecule has 28 heavy (non-hydrogen) atoms. The number of nitrogens with zero attached hydrogens (tertiary/aromatic N) is 4. The van der Waals surface area contributed by atoms with Crippen molar-refractivity contribution in [3.8, 4) is 0 Å². The largest absolute Gasteiger partial charge is 0.376 e. The van der Waals surface area contributed by atoms with Crippen molar-refractivity contribution in [1.29, 1.82) is 0 Å². The van der Waals surface area contributed by atoms with E-state index in [4.69, 9.17) is 4.74 Å². The first kappa shape index (κ1) is 24.4. The lowest BCUT2D eigenvalue weighted by Gasteiger charge is -2.24. The van der Waals surface area contributed by atoms with Crippen LogP contribution < -0.4 is 15.5 Å². The Hall–Kier alpha value is -1.62. The maximum Gasteiger partial charge on any atom is 0.241 e. The molecule has 0 aliphatic carbocycles. The second kappa shape index (κ2) is 12.8. The van der Waals surface area contributed by atoms with Crippen LogP contribution in [0.15, 0.2) is 23.2 Å². The number of aromatic nitrogens is 1. The van der Waals surface area contributed by atoms with E-state index in [1.807, 2.05) is 37.2 Å². The van der Waals surface area contributed by atoms with Crippen LogP contribution >= 0.6 is 24.0 Å². The third-order valence-electron chi connectivity index (χ3n) is 4.33. The van der Waals surface area contributed by atoms with Crippen molar-refractivity contribution in [1.82, 2.24) is 20.5 Å². The molecule has 1 unspecified atom stereocenters. The van der Waals surface area contributed by atoms with E-state index in [1.165, 1.54) is 6.42 Å². The van der Waals surface area contributed by atoms with E-state index in [2.05, 4.69) is 20.6 Å². The van der Waals surface area contributed by atoms with Crippen molar-refractivity contribution in [2.45, 2.75) is 31.9 Å². The van der Waals surface area contributed by atoms with Crippen LogP contribution in [0.1, 0.15) is 25.0 Å². The zero-order valence-electron chi connectivity index (χ0n) is 17.3. The Morgan fingerprint density at radius 2 is 2.04 bits per heavy atom. The first-order valence-electron chi connectivity index (χ1n) is 9.43. The molecule has 1 aromatic heterocycles. The van der Waals surface area contributed by atoms with Gasteiger partial charge in [0.1, 0.15) is 5.82 Å². The number of carbonyl (C=O) groups excluding carboxylic acids is 1. The summed E-state index contributed by atoms with van der Waals surface area (Å²) in [6.07, 6.45) is 3.54. The molecule has 8 nitrogen and oxygen atoms in total. The number of anilines is 1. The minimum atomic E-state index is -0.00820. The molecule has 2 N–H and O–H groups in total. The SMILES string of the molecule is CN(C)C(=O)CNC(=NCc1cccc(N(C)C)n1)NCC1CCCCO1.I. The minimum absolute atomic E-state index is 0. The number of amides is 1. The highest BCUT2D eigenvalue weighted by Gasteiger charge is 2.14. The Bertz CT molecular complexity index is 633. The standard InChI is InChI=1S/C19H32N6O2.HI/c1-24(2)17-10-7-8-15(23-17)12-20-19(22-14-18(26)25(3)4)21-13-16-9-5-6-11-27-16;/h7-8,10,16H,5-6,9,11-14H2,1-4H3,(H2,20,21,22);1H. The van der Waals surface area contributed by atoms with E-state index in [-0.39, 0.29) is 42.5 Å². The normalized spacial score (nSPS) is 16.7. The van der Waals surface area contributed by atoms with Gasteiger partial charge in [-0.3, -0.25) is 4.79 Å². The fraction of sp³-hybridized carbons (Fsp3) is 0.632. The van der Waals surface area contributed by atoms with Gasteiger partial charge in [-0.15, -0.1) is 24.0 Å². The Kier molecular flexibility index (Phi) is 11.1. The number of hydrogen-bond donors (Lipinski definition) is 2. The first-order valence-corrected chi connectivity index (χ1v) is 9.43. The van der Waals surface area contributed by atoms with Crippen LogP contribution in [0.2, 0.25) is 0 Å². The summed E-state index contributed by atoms with van der Waals surface area (Å²) >= 11 is 0. The molecular formula is C19H33IN6O2. The summed E-state index contributed by atoms with van der Waals surface area (Å²) in [6.45, 7) is 2.11. The zero-order chi connectivity index (χ0) is 19.6. The van der Waals surface area contributed by atoms with E-state index >= 15 is 0 Å². The Labute approximate surface area is 185 Å². The van der Waals surface area contributed by atoms with Crippen LogP contribution in [0.3, 0.4) is 0 Å². The summed E-state index contributed by atoms with van der Waals surface area (Å²) in [5, 5.41) is 6.40. The number of guanidine groups is 1. The summed E-state index contributed by atoms with van der Waals surface area (Å²) in [4.78, 5) is 24.6. The van der Waals surface area contributed by atoms with Crippen molar-refractivity contribution in [2.24, 2.45) is 4.99 Å². The highest BCUT2D eigenvalue weighted by Crippen LogP contribution is 2.11. The van der Waals surface area contributed by atoms with Gasteiger partial charge in [0.25, 0.3) is 0 Å². The van der Waals surface area contributed by atoms with Crippen molar-refractivity contribution >= 4 is 41.7 Å². The van der Waals surface area contributed by atoms with Gasteiger partial charge in [0.15, 0.2) is 5.96 Å². The van der Waals surface area contributed by atoms with Gasteiger partial charge in [0.2, 0.25) is 5.91 Å². The Balaban J connectivity index is 0.00000392. The number of halogens is 1. The molecule has 0 saturated carbocycles. The average Bonchev–Trinajstić information content (AvgIpc) is 2.68. The van der Waals surface area contributed by atoms with Gasteiger partial charge in [0, 0.05) is 41.3 Å². The van der Waals surface area contributed by atoms with Gasteiger partial charge in [-0.25, -0.2) is 9.98 Å². The Morgan fingerprint density at radius 3 is 2.68 bits per heavy atom. The summed E-state index contributed by atoms with van der Waals surface area (Å²) in [6, 6.07) is 5.88. The van der Waals surface area contributed by atoms with Crippen LogP contribution in [0.5, 0.6) is 0 Å². The number of ether oxygens (including phenoxy) is 1. The molecular weight excluding hydrogens is 471 g/mol. The second-order valence-electron chi connectivity index (χ2n) is 7.06. The quantitative estimate of drug-likeness (QED) is 0.333. The molecule has 1 fully saturated rings. The molecule has 0 aromatic carbocycles. The molecule has 2 heterocycles. The van der Waals surface area contributed by atoms with Gasteiger partial charge < -0.3 is 25.2 Å². The number of rotatable bonds is 7. The molecule has 158 valence electrons. The van der Waals surface area contributed by atoms with E-state index in [0.29, 0.717) is 19.0 Å². The van der Waals surface area contributed by atoms with Crippen molar-refractivity contribution < 1.29 is 9.53 Å². The topological polar surface area (TPSA) is 82.1 Å². The Morgan fingerprint density at radius 1 is 1.25 bits per heavy atom. The van der Waals surface area contributed by atoms with E-state index < -0.39 is 0 Å². The lowest BCUT2D eigenvalue weighted by atomic mass is 10.1. The number of aliphatic imine (C=N–C) groups is 1. The van der Waals surface area contributed by atoms with Crippen LogP contribution in [0.4, 0.5) is 5.82 Å². The monoisotopic (exact) mass is 504 g/mol. The van der Waals surface area contributed by atoms with Crippen molar-refractivity contribution in [3.63, 3.8) is 0 Å². The van der Waals surface area contributed by atoms with Gasteiger partial charge >= 0.3 is 0 Å². The van der Waals surface area contributed by atoms with Gasteiger partial charge in [-0.1, -0.05) is 6.07 Å². The van der Waals surface area contributed by atoms with Crippen LogP contribution in [0, 0.1) is 0 Å². The van der Waals surface area contributed by atoms with Crippen LogP contribution in [-0.2, 0) is 16.1 Å². The molecule has 1 aromatic rings. The summed E-state index contributed by atoms with van der Waals surface area (Å²) in [7, 11) is 7.39. The molecule has 1 aliphatic rings. The maximum absolute atomic E-state index is 11.9. The van der Waals surface area contributed by atoms with Gasteiger partial charge in [-0.2, -0.15) is 0 Å². The summed E-state index contributed by atoms with van der Waals surface area (Å²) in [5.41, 5.74) is 0.871. The number of hydrogen-bond acceptors (Lipinski definition) is 5. The number of nitrogens with one attached hydrogen (secondary N) is 2. The molecule has 0 bridgehead atoms. The highest BCUT2D eigenvalue weighted by atomic mass is 127. The molecule has 1 atom stereocenters. The van der Waals surface area contributed by atoms with E-state index in [0.717, 1.165) is 31.0 Å². The van der Waals surface area contributed by atoms with Gasteiger partial charge in [-0.05, 0) is 31.4 Å². The fourth-order valence-corrected chi connectivity index (χ4v) is 2.63. The summed E-state index contributed by atoms with van der Waals surface area (Å²) in [5.74, 6) is 1.48. The number of pyridine rings is 1. The number of likely N-dealkylation sites (N-methyl/N-ethyl adjacent to an activating group) is 1. The molecule has 9 heteroatoms. The predicted octanol–water partition coefficient (Wildman–Crippen LogP) is 1.46. The highest BCUT2D eigenvalue weighted by molar-refractivity contribution is 14.0. The van der Waals surface area contributed by atoms with Crippen molar-refractivity contribution in [3.05, 3.63) is 23.9 Å². The number of carbonyl (C=O) groups is 1. The molecule has 0 radical (unpaired) electrons. The third kappa shape index (κ3) is 8.59. The first-order chi connectivity index (χ1) is 13.0. The van der Waals surface area contributed by atoms with E-state index in [9.17, 15) is 4.79 Å². The van der Waals surface area contributed by atoms with Crippen LogP contribution in [0.25, 0.3) is 0 Å². The smallest absolute Gasteiger partial charge is 0.241 e. The molecule has 1 aliphatic heterocycles.